The number of esters is 3. The summed E-state index contributed by atoms with van der Waals surface area (Å²) in [4.78, 5) is 45.1. The molecular weight excluding hydrogens is 1090 g/mol. The van der Waals surface area contributed by atoms with E-state index in [0.717, 1.165) is 47.5 Å². The van der Waals surface area contributed by atoms with E-state index in [9.17, 15) is 19.2 Å². The van der Waals surface area contributed by atoms with Crippen molar-refractivity contribution in [1.29, 1.82) is 0 Å². The quantitative estimate of drug-likeness (QED) is 0.0326. The van der Waals surface area contributed by atoms with E-state index in [1.54, 1.807) is 46.8 Å². The lowest BCUT2D eigenvalue weighted by molar-refractivity contribution is -0.185. The van der Waals surface area contributed by atoms with Crippen LogP contribution in [0.2, 0.25) is 10.0 Å². The van der Waals surface area contributed by atoms with Gasteiger partial charge in [0, 0.05) is 18.9 Å². The normalized spacial score (nSPS) is 11.5. The molecule has 0 radical (unpaired) electrons. The van der Waals surface area contributed by atoms with Crippen LogP contribution in [0.3, 0.4) is 0 Å². The average Bonchev–Trinajstić information content (AvgIpc) is 3.31. The zero-order valence-electron chi connectivity index (χ0n) is 56.2. The van der Waals surface area contributed by atoms with Gasteiger partial charge < -0.3 is 52.1 Å². The molecule has 480 valence electrons. The van der Waals surface area contributed by atoms with E-state index in [-0.39, 0.29) is 97.2 Å². The standard InChI is InChI=1S/C16H24O3.C14H18Cl2O3.C11H22O2.C9H18O3.C8H18O2.C7H16O2/c1-10(2)16(17)18-9-14-7-12(5)15(13(6)8-14)19-11(3)4;1-8(2)14(17)18-7-10-5-11(15)13(12(16)6-10)19-9(3)4;1-9(2)11(12)7-5-6-8-13-10(3)4;1-6(2)9(10)12-8(5)11-7(3)4;1-6(2)9-8(5)10-7(3)4;1-6(2)8-5-9-7(3)4/h7-8,10-11H,9H2,1-6H3;5-6,8-9H,7H2,1-4H3;9-10H,5-8H2,1-4H3;6-8H,1-5H3;6-8H,1-5H3;6-7H,5H2,1-4H3. The van der Waals surface area contributed by atoms with Crippen LogP contribution in [-0.4, -0.2) is 98.5 Å². The first-order valence-electron chi connectivity index (χ1n) is 29.5. The predicted molar refractivity (Wildman–Crippen MR) is 334 cm³/mol. The fourth-order valence-electron chi connectivity index (χ4n) is 6.06. The highest BCUT2D eigenvalue weighted by Gasteiger charge is 2.16. The molecule has 0 bridgehead atoms. The number of carbonyl (C=O) groups is 4. The maximum Gasteiger partial charge on any atom is 0.310 e. The van der Waals surface area contributed by atoms with Gasteiger partial charge in [-0.15, -0.1) is 0 Å². The molecule has 17 heteroatoms. The monoisotopic (exact) mass is 1210 g/mol. The number of benzene rings is 2. The lowest BCUT2D eigenvalue weighted by atomic mass is 10.0. The Balaban J connectivity index is -0.000000456. The molecule has 2 aromatic carbocycles. The lowest BCUT2D eigenvalue weighted by Gasteiger charge is -2.18. The second kappa shape index (κ2) is 48.7. The molecule has 0 fully saturated rings. The fraction of sp³-hybridized carbons (Fsp3) is 0.754. The van der Waals surface area contributed by atoms with Crippen LogP contribution in [0.25, 0.3) is 0 Å². The Hall–Kier alpha value is -3.54. The summed E-state index contributed by atoms with van der Waals surface area (Å²) in [6.07, 6.45) is 3.69. The van der Waals surface area contributed by atoms with E-state index >= 15 is 0 Å². The van der Waals surface area contributed by atoms with Gasteiger partial charge in [-0.1, -0.05) is 78.6 Å². The molecule has 1 atom stereocenters. The number of hydrogen-bond acceptors (Lipinski definition) is 15. The maximum atomic E-state index is 11.5. The Kier molecular flexibility index (Phi) is 50.4. The molecule has 0 N–H and O–H groups in total. The highest BCUT2D eigenvalue weighted by Crippen LogP contribution is 2.35. The molecule has 0 saturated heterocycles. The molecule has 0 aromatic heterocycles. The Morgan fingerprint density at radius 1 is 0.402 bits per heavy atom. The summed E-state index contributed by atoms with van der Waals surface area (Å²) in [5.74, 6) is 0.945. The van der Waals surface area contributed by atoms with Gasteiger partial charge in [0.1, 0.15) is 31.5 Å². The molecule has 0 spiro atoms. The number of halogens is 2. The number of aryl methyl sites for hydroxylation is 2. The van der Waals surface area contributed by atoms with Gasteiger partial charge in [-0.2, -0.15) is 0 Å². The van der Waals surface area contributed by atoms with Gasteiger partial charge in [0.2, 0.25) is 0 Å². The van der Waals surface area contributed by atoms with E-state index in [4.69, 9.17) is 75.3 Å². The fourth-order valence-corrected chi connectivity index (χ4v) is 6.68. The van der Waals surface area contributed by atoms with E-state index in [1.807, 2.05) is 171 Å². The van der Waals surface area contributed by atoms with Crippen LogP contribution in [0.5, 0.6) is 11.5 Å². The molecule has 0 aliphatic carbocycles. The lowest BCUT2D eigenvalue weighted by Crippen LogP contribution is -2.23. The maximum absolute atomic E-state index is 11.5. The zero-order chi connectivity index (χ0) is 64.6. The summed E-state index contributed by atoms with van der Waals surface area (Å²) in [6.45, 7) is 55.7. The topological polar surface area (TPSA) is 170 Å². The number of unbranched alkanes of at least 4 members (excludes halogenated alkanes) is 1. The van der Waals surface area contributed by atoms with Crippen molar-refractivity contribution in [2.45, 2.75) is 288 Å². The van der Waals surface area contributed by atoms with Crippen molar-refractivity contribution in [2.24, 2.45) is 23.7 Å². The van der Waals surface area contributed by atoms with Gasteiger partial charge >= 0.3 is 17.9 Å². The highest BCUT2D eigenvalue weighted by atomic mass is 35.5. The number of hydrogen-bond donors (Lipinski definition) is 0. The largest absolute Gasteiger partial charge is 0.490 e. The molecule has 2 rings (SSSR count). The second-order valence-corrected chi connectivity index (χ2v) is 23.9. The van der Waals surface area contributed by atoms with Crippen LogP contribution in [0, 0.1) is 37.5 Å². The Morgan fingerprint density at radius 2 is 0.756 bits per heavy atom. The number of rotatable bonds is 29. The predicted octanol–water partition coefficient (Wildman–Crippen LogP) is 17.0. The third-order valence-electron chi connectivity index (χ3n) is 9.85. The van der Waals surface area contributed by atoms with Crippen LogP contribution in [0.1, 0.15) is 222 Å². The molecule has 0 aliphatic heterocycles. The summed E-state index contributed by atoms with van der Waals surface area (Å²) in [5.41, 5.74) is 3.88. The first-order chi connectivity index (χ1) is 37.7. The van der Waals surface area contributed by atoms with Crippen molar-refractivity contribution < 1.29 is 71.3 Å². The summed E-state index contributed by atoms with van der Waals surface area (Å²) in [6, 6.07) is 7.41. The van der Waals surface area contributed by atoms with Crippen molar-refractivity contribution in [3.63, 3.8) is 0 Å². The molecule has 82 heavy (non-hydrogen) atoms. The Morgan fingerprint density at radius 3 is 1.09 bits per heavy atom. The third kappa shape index (κ3) is 50.9. The third-order valence-corrected chi connectivity index (χ3v) is 10.4. The average molecular weight is 1210 g/mol. The highest BCUT2D eigenvalue weighted by molar-refractivity contribution is 6.37. The summed E-state index contributed by atoms with van der Waals surface area (Å²) in [5, 5.41) is 0.827. The smallest absolute Gasteiger partial charge is 0.310 e. The number of Topliss-reactive ketones (excluding diaryl/α,β-unsaturated/α-hetero) is 1. The van der Waals surface area contributed by atoms with Crippen molar-refractivity contribution >= 4 is 46.9 Å². The molecule has 0 saturated carbocycles. The second-order valence-electron chi connectivity index (χ2n) is 23.1. The van der Waals surface area contributed by atoms with Gasteiger partial charge in [0.15, 0.2) is 18.3 Å². The van der Waals surface area contributed by atoms with Gasteiger partial charge in [-0.3, -0.25) is 19.2 Å². The van der Waals surface area contributed by atoms with E-state index < -0.39 is 6.29 Å². The van der Waals surface area contributed by atoms with Crippen LogP contribution in [0.4, 0.5) is 0 Å². The van der Waals surface area contributed by atoms with Crippen LogP contribution in [0.15, 0.2) is 24.3 Å². The van der Waals surface area contributed by atoms with Gasteiger partial charge in [0.05, 0.1) is 76.6 Å². The Labute approximate surface area is 508 Å². The summed E-state index contributed by atoms with van der Waals surface area (Å²) < 4.78 is 58.2. The van der Waals surface area contributed by atoms with Crippen molar-refractivity contribution in [3.8, 4) is 11.5 Å². The first kappa shape index (κ1) is 84.9. The number of ether oxygens (including phenoxy) is 11. The van der Waals surface area contributed by atoms with Crippen molar-refractivity contribution in [3.05, 3.63) is 56.6 Å². The first-order valence-corrected chi connectivity index (χ1v) is 30.3. The minimum atomic E-state index is -0.445. The van der Waals surface area contributed by atoms with Crippen molar-refractivity contribution in [2.75, 3.05) is 13.4 Å². The summed E-state index contributed by atoms with van der Waals surface area (Å²) in [7, 11) is 0. The minimum Gasteiger partial charge on any atom is -0.490 e. The minimum absolute atomic E-state index is 0.0142. The van der Waals surface area contributed by atoms with E-state index in [0.29, 0.717) is 47.5 Å². The number of ketones is 1. The van der Waals surface area contributed by atoms with Crippen LogP contribution < -0.4 is 9.47 Å². The molecule has 1 unspecified atom stereocenters. The molecule has 15 nitrogen and oxygen atoms in total. The molecule has 0 amide bonds. The van der Waals surface area contributed by atoms with Gasteiger partial charge in [-0.05, 0) is 198 Å². The van der Waals surface area contributed by atoms with E-state index in [1.165, 1.54) is 0 Å². The molecule has 0 heterocycles. The summed E-state index contributed by atoms with van der Waals surface area (Å²) >= 11 is 12.2. The van der Waals surface area contributed by atoms with Crippen molar-refractivity contribution in [1.82, 2.24) is 0 Å². The van der Waals surface area contributed by atoms with Crippen LogP contribution in [-0.2, 0) is 75.0 Å². The molecule has 0 aliphatic rings. The molecule has 2 aromatic rings. The Bertz CT molecular complexity index is 1830. The van der Waals surface area contributed by atoms with Gasteiger partial charge in [-0.25, -0.2) is 0 Å². The van der Waals surface area contributed by atoms with Gasteiger partial charge in [0.25, 0.3) is 0 Å². The number of carbonyl (C=O) groups excluding carboxylic acids is 4. The zero-order valence-corrected chi connectivity index (χ0v) is 57.7. The SMILES string of the molecule is CC(C)OC(C)OC(=O)C(C)C.CC(C)OC(C)OC(C)C.CC(C)OCCCCC(=O)C(C)C.CC(C)OCOC(C)C.CC(C)Oc1c(Cl)cc(COC(=O)C(C)C)cc1Cl.Cc1cc(COC(=O)C(C)C)cc(C)c1OC(C)C. The van der Waals surface area contributed by atoms with E-state index in [2.05, 4.69) is 0 Å². The van der Waals surface area contributed by atoms with Crippen LogP contribution >= 0.6 is 23.2 Å². The molecular formula is C65H116Cl2O15.